The van der Waals surface area contributed by atoms with E-state index in [1.54, 1.807) is 111 Å². The van der Waals surface area contributed by atoms with E-state index in [1.807, 2.05) is 0 Å². The molecule has 1 spiro atoms. The molecule has 13 aliphatic rings. The lowest BCUT2D eigenvalue weighted by molar-refractivity contribution is 0.549. The SMILES string of the molecule is Cc1cc2c3c(c1)C(C)(C)c1cc(C)cc(c1-3)C2(C)C.Cc1cc2c3c(c1)C(C)(C)c1cc(C)cc(c1-3)CC2.Cc1cc2c3c(c1)C(C)(C)c1cc(C)cc(c1-3)CC2.Cc1cc2c3c(c1)CCc1cc(C)cc(c1-3)CC2.Cc1ccc2c(c1)C1(CCCC1)c1cc(C)ccc1-2.Cc1ccc2c(c1)CCCCc1cc(C)ccc1-2.Cc1ccc2c(c1)CCCc1cc(C)ccc1-2.Cc1ccc2c(c1)CCc1cc(C)ccc1-2. The Kier molecular flexibility index (Phi) is 25.4. The molecule has 0 aromatic heterocycles. The zero-order chi connectivity index (χ0) is 102. The summed E-state index contributed by atoms with van der Waals surface area (Å²) in [4.78, 5) is 0. The average Bonchev–Trinajstić information content (AvgIpc) is 1.52. The molecule has 0 heteroatoms. The van der Waals surface area contributed by atoms with Crippen LogP contribution in [0.5, 0.6) is 0 Å². The third-order valence-electron chi connectivity index (χ3n) is 36.2. The molecular weight excluding hydrogens is 1750 g/mol. The van der Waals surface area contributed by atoms with Crippen LogP contribution in [0.15, 0.2) is 243 Å². The van der Waals surface area contributed by atoms with Gasteiger partial charge in [0, 0.05) is 27.1 Å². The second-order valence-corrected chi connectivity index (χ2v) is 49.2. The minimum absolute atomic E-state index is 0.142. The van der Waals surface area contributed by atoms with Gasteiger partial charge >= 0.3 is 0 Å². The number of hydrogen-bond donors (Lipinski definition) is 0. The van der Waals surface area contributed by atoms with Crippen LogP contribution in [0.25, 0.3) is 89.0 Å². The molecule has 0 heterocycles. The van der Waals surface area contributed by atoms with Crippen LogP contribution in [0.2, 0.25) is 0 Å². The van der Waals surface area contributed by atoms with Gasteiger partial charge in [-0.1, -0.05) is 400 Å². The highest BCUT2D eigenvalue weighted by atomic mass is 14.5. The Labute approximate surface area is 875 Å². The van der Waals surface area contributed by atoms with Gasteiger partial charge in [0.2, 0.25) is 0 Å². The molecule has 0 unspecified atom stereocenters. The summed E-state index contributed by atoms with van der Waals surface area (Å²) in [5.41, 5.74) is 84.7. The molecule has 16 aromatic rings. The summed E-state index contributed by atoms with van der Waals surface area (Å²) in [5.74, 6) is 0. The Morgan fingerprint density at radius 2 is 0.288 bits per heavy atom. The topological polar surface area (TPSA) is 0 Å². The molecule has 1 saturated carbocycles. The van der Waals surface area contributed by atoms with Gasteiger partial charge in [0.25, 0.3) is 0 Å². The Bertz CT molecular complexity index is 7350. The highest BCUT2D eigenvalue weighted by Crippen LogP contribution is 2.63. The maximum absolute atomic E-state index is 2.44. The number of fused-ring (bicyclic) bond motifs is 14. The van der Waals surface area contributed by atoms with Crippen LogP contribution < -0.4 is 0 Å². The smallest absolute Gasteiger partial charge is 0.0215 e. The van der Waals surface area contributed by atoms with Crippen molar-refractivity contribution in [3.05, 3.63) is 465 Å². The lowest BCUT2D eigenvalue weighted by Crippen LogP contribution is -2.21. The molecule has 0 N–H and O–H groups in total. The standard InChI is InChI=1S/C20H22.3C19H20.C18H18.C18H20.C17H18.C16H16/c1-11-7-13-17-14(8-11)20(5,6)16-10-12(2)9-15(18(16)17)19(13,3)4;2*1-11-7-13-5-6-14-8-12(2)10-16-18(14)17(13)15(9-11)19(16,3)4;1-13-5-7-15-16-8-6-14(2)12-18(16)19(17(15)11-13)9-3-4-10-19;1-11-7-13-3-5-15-9-12(2)10-16-6-4-14(8-11)17(13)18(15)16;1-13-7-9-17-15(11-13)5-3-4-6-16-12-14(2)8-10-18(16)17;1-12-6-8-16-14(10-12)4-3-5-15-11-13(2)7-9-17(15)16;1-11-3-7-15-13(9-11)5-6-14-10-12(2)4-8-16(14)15/h7-10H,1-6H3;2*7-10H,5-6H2,1-4H3;5-8,11-12H,3-4,9-10H2,1-2H3;7-10H,3-6H2,1-2H3;7-12H,3-6H2,1-2H3;6-11H,3-5H2,1-2H3;3-4,7-10H,5-6H2,1-2H3. The van der Waals surface area contributed by atoms with Crippen molar-refractivity contribution in [2.45, 2.75) is 328 Å². The maximum atomic E-state index is 2.44. The highest BCUT2D eigenvalue weighted by Gasteiger charge is 2.49. The van der Waals surface area contributed by atoms with Crippen molar-refractivity contribution in [1.29, 1.82) is 0 Å². The minimum Gasteiger partial charge on any atom is -0.0587 e. The minimum atomic E-state index is 0.142. The van der Waals surface area contributed by atoms with Crippen LogP contribution in [-0.4, -0.2) is 0 Å². The number of benzene rings is 16. The van der Waals surface area contributed by atoms with Gasteiger partial charge in [-0.25, -0.2) is 0 Å². The van der Waals surface area contributed by atoms with Crippen LogP contribution in [0, 0.1) is 111 Å². The van der Waals surface area contributed by atoms with Crippen molar-refractivity contribution in [3.63, 3.8) is 0 Å². The van der Waals surface area contributed by atoms with E-state index in [0.717, 1.165) is 0 Å². The molecule has 0 atom stereocenters. The molecule has 1 fully saturated rings. The molecule has 0 bridgehead atoms. The molecule has 29 rings (SSSR count). The Balaban J connectivity index is 0.0000000950. The van der Waals surface area contributed by atoms with Crippen molar-refractivity contribution in [2.75, 3.05) is 0 Å². The molecule has 0 amide bonds. The Morgan fingerprint density at radius 3 is 0.521 bits per heavy atom. The van der Waals surface area contributed by atoms with Gasteiger partial charge in [-0.3, -0.25) is 0 Å². The van der Waals surface area contributed by atoms with E-state index in [-0.39, 0.29) is 21.7 Å². The van der Waals surface area contributed by atoms with Gasteiger partial charge < -0.3 is 0 Å². The van der Waals surface area contributed by atoms with Crippen LogP contribution in [0.4, 0.5) is 0 Å². The van der Waals surface area contributed by atoms with Crippen molar-refractivity contribution < 1.29 is 0 Å². The lowest BCUT2D eigenvalue weighted by atomic mass is 9.74. The second-order valence-electron chi connectivity index (χ2n) is 49.2. The maximum Gasteiger partial charge on any atom is 0.0215 e. The fourth-order valence-corrected chi connectivity index (χ4v) is 29.2. The first-order valence-electron chi connectivity index (χ1n) is 55.8. The summed E-state index contributed by atoms with van der Waals surface area (Å²) in [6, 6.07) is 93.7. The van der Waals surface area contributed by atoms with Crippen molar-refractivity contribution in [3.8, 4) is 89.0 Å². The quantitative estimate of drug-likeness (QED) is 0.142. The predicted octanol–water partition coefficient (Wildman–Crippen LogP) is 37.4. The van der Waals surface area contributed by atoms with Crippen LogP contribution in [0.3, 0.4) is 0 Å². The first-order valence-corrected chi connectivity index (χ1v) is 55.8. The van der Waals surface area contributed by atoms with Crippen molar-refractivity contribution in [2.24, 2.45) is 0 Å². The summed E-state index contributed by atoms with van der Waals surface area (Å²) in [7, 11) is 0. The predicted molar refractivity (Wildman–Crippen MR) is 624 cm³/mol. The van der Waals surface area contributed by atoms with E-state index in [0.29, 0.717) is 5.41 Å². The Morgan fingerprint density at radius 1 is 0.130 bits per heavy atom. The van der Waals surface area contributed by atoms with Gasteiger partial charge in [0.1, 0.15) is 0 Å². The number of hydrogen-bond acceptors (Lipinski definition) is 0. The van der Waals surface area contributed by atoms with Crippen molar-refractivity contribution in [1.82, 2.24) is 0 Å². The highest BCUT2D eigenvalue weighted by molar-refractivity contribution is 5.94. The first-order chi connectivity index (χ1) is 69.8. The van der Waals surface area contributed by atoms with E-state index in [1.165, 1.54) is 335 Å². The molecule has 738 valence electrons. The van der Waals surface area contributed by atoms with Gasteiger partial charge in [0.15, 0.2) is 0 Å². The zero-order valence-electron chi connectivity index (χ0n) is 92.4. The summed E-state index contributed by atoms with van der Waals surface area (Å²) in [5, 5.41) is 0. The summed E-state index contributed by atoms with van der Waals surface area (Å²) >= 11 is 0. The van der Waals surface area contributed by atoms with Gasteiger partial charge in [-0.15, -0.1) is 0 Å². The molecular formula is C146H154. The summed E-state index contributed by atoms with van der Waals surface area (Å²) < 4.78 is 0. The summed E-state index contributed by atoms with van der Waals surface area (Å²) in [6.45, 7) is 54.4. The zero-order valence-corrected chi connectivity index (χ0v) is 92.4. The fourth-order valence-electron chi connectivity index (χ4n) is 29.2. The third kappa shape index (κ3) is 17.4. The molecule has 0 saturated heterocycles. The lowest BCUT2D eigenvalue weighted by Gasteiger charge is -2.30. The van der Waals surface area contributed by atoms with Crippen LogP contribution >= 0.6 is 0 Å². The normalized spacial score (nSPS) is 16.3. The van der Waals surface area contributed by atoms with E-state index in [9.17, 15) is 0 Å². The summed E-state index contributed by atoms with van der Waals surface area (Å²) in [6.07, 6.45) is 26.3. The van der Waals surface area contributed by atoms with Crippen LogP contribution in [-0.2, 0) is 117 Å². The van der Waals surface area contributed by atoms with Gasteiger partial charge in [-0.2, -0.15) is 0 Å². The molecule has 0 aliphatic heterocycles. The van der Waals surface area contributed by atoms with E-state index < -0.39 is 0 Å². The second kappa shape index (κ2) is 37.7. The van der Waals surface area contributed by atoms with Gasteiger partial charge in [-0.05, 0) is 455 Å². The molecule has 146 heavy (non-hydrogen) atoms. The van der Waals surface area contributed by atoms with Gasteiger partial charge in [0.05, 0.1) is 0 Å². The third-order valence-corrected chi connectivity index (χ3v) is 36.2. The van der Waals surface area contributed by atoms with E-state index >= 15 is 0 Å². The number of rotatable bonds is 0. The Hall–Kier alpha value is -12.5. The molecule has 0 radical (unpaired) electrons. The monoisotopic (exact) mass is 1910 g/mol. The van der Waals surface area contributed by atoms with E-state index in [2.05, 4.69) is 409 Å². The average molecular weight is 1910 g/mol. The molecule has 16 aromatic carbocycles. The van der Waals surface area contributed by atoms with Crippen LogP contribution in [0.1, 0.15) is 323 Å². The van der Waals surface area contributed by atoms with Crippen molar-refractivity contribution >= 4 is 0 Å². The molecule has 0 nitrogen and oxygen atoms in total. The molecule has 13 aliphatic carbocycles. The first kappa shape index (κ1) is 98.2. The number of aryl methyl sites for hydroxylation is 30. The fraction of sp³-hybridized carbons (Fsp3) is 0.342. The van der Waals surface area contributed by atoms with E-state index in [4.69, 9.17) is 0 Å². The largest absolute Gasteiger partial charge is 0.0587 e.